The molecule has 0 radical (unpaired) electrons. The topological polar surface area (TPSA) is 31.9 Å². The van der Waals surface area contributed by atoms with E-state index in [-0.39, 0.29) is 0 Å². The van der Waals surface area contributed by atoms with Crippen LogP contribution in [-0.4, -0.2) is 41.3 Å². The number of aromatic amines is 1. The van der Waals surface area contributed by atoms with Crippen molar-refractivity contribution in [1.29, 1.82) is 0 Å². The van der Waals surface area contributed by atoms with Gasteiger partial charge in [0.1, 0.15) is 0 Å². The summed E-state index contributed by atoms with van der Waals surface area (Å²) in [5.74, 6) is 0. The molecule has 0 spiro atoms. The number of thioether (sulfide) groups is 1. The van der Waals surface area contributed by atoms with Crippen LogP contribution in [0.1, 0.15) is 11.4 Å². The molecule has 1 aliphatic heterocycles. The van der Waals surface area contributed by atoms with Crippen LogP contribution in [0.2, 0.25) is 0 Å². The molecule has 0 amide bonds. The number of imidazole rings is 1. The number of nitrogens with zero attached hydrogens (tertiary/aromatic N) is 2. The van der Waals surface area contributed by atoms with E-state index in [1.165, 1.54) is 11.4 Å². The maximum atomic E-state index is 4.54. The van der Waals surface area contributed by atoms with Crippen LogP contribution >= 0.6 is 11.8 Å². The molecule has 0 atom stereocenters. The number of hydrogen-bond donors (Lipinski definition) is 1. The number of aromatic nitrogens is 2. The number of nitrogens with one attached hydrogen (secondary N) is 1. The second-order valence-corrected chi connectivity index (χ2v) is 4.27. The Morgan fingerprint density at radius 3 is 2.92 bits per heavy atom. The van der Waals surface area contributed by atoms with Crippen molar-refractivity contribution in [2.45, 2.75) is 18.0 Å². The number of fused-ring (bicyclic) bond motifs is 1. The van der Waals surface area contributed by atoms with E-state index in [0.29, 0.717) is 0 Å². The standard InChI is InChI=1S/C9H15N3S/c1-12-5-3-7-8(4-6-12)11-9(10-7)13-2/h3-6H2,1-2H3,(H,10,11). The van der Waals surface area contributed by atoms with Gasteiger partial charge in [-0.25, -0.2) is 4.98 Å². The van der Waals surface area contributed by atoms with Gasteiger partial charge in [-0.15, -0.1) is 0 Å². The molecule has 2 heterocycles. The quantitative estimate of drug-likeness (QED) is 0.686. The largest absolute Gasteiger partial charge is 0.337 e. The zero-order chi connectivity index (χ0) is 9.26. The minimum absolute atomic E-state index is 1.06. The molecule has 1 N–H and O–H groups in total. The van der Waals surface area contributed by atoms with Crippen molar-refractivity contribution < 1.29 is 0 Å². The van der Waals surface area contributed by atoms with E-state index >= 15 is 0 Å². The molecule has 0 saturated heterocycles. The predicted molar refractivity (Wildman–Crippen MR) is 55.3 cm³/mol. The monoisotopic (exact) mass is 197 g/mol. The summed E-state index contributed by atoms with van der Waals surface area (Å²) in [7, 11) is 2.17. The van der Waals surface area contributed by atoms with Gasteiger partial charge in [0.2, 0.25) is 0 Å². The molecule has 2 rings (SSSR count). The van der Waals surface area contributed by atoms with Crippen LogP contribution in [0.3, 0.4) is 0 Å². The maximum Gasteiger partial charge on any atom is 0.165 e. The van der Waals surface area contributed by atoms with Crippen LogP contribution in [0.4, 0.5) is 0 Å². The van der Waals surface area contributed by atoms with Gasteiger partial charge in [0.05, 0.1) is 5.69 Å². The van der Waals surface area contributed by atoms with Crippen molar-refractivity contribution in [2.24, 2.45) is 0 Å². The van der Waals surface area contributed by atoms with E-state index in [2.05, 4.69) is 28.2 Å². The van der Waals surface area contributed by atoms with Crippen LogP contribution in [0, 0.1) is 0 Å². The van der Waals surface area contributed by atoms with Gasteiger partial charge in [-0.2, -0.15) is 0 Å². The number of H-pyrrole nitrogens is 1. The maximum absolute atomic E-state index is 4.54. The van der Waals surface area contributed by atoms with Gasteiger partial charge < -0.3 is 9.88 Å². The first-order chi connectivity index (χ1) is 6.29. The average Bonchev–Trinajstić information content (AvgIpc) is 2.47. The van der Waals surface area contributed by atoms with Gasteiger partial charge in [-0.05, 0) is 13.3 Å². The van der Waals surface area contributed by atoms with Crippen LogP contribution in [0.5, 0.6) is 0 Å². The molecule has 0 bridgehead atoms. The SMILES string of the molecule is CSc1nc2c([nH]1)CCN(C)CC2. The minimum atomic E-state index is 1.06. The zero-order valence-corrected chi connectivity index (χ0v) is 8.95. The molecule has 4 heteroatoms. The molecular formula is C9H15N3S. The molecule has 0 aromatic carbocycles. The summed E-state index contributed by atoms with van der Waals surface area (Å²) in [5.41, 5.74) is 2.61. The Labute approximate surface area is 82.9 Å². The second kappa shape index (κ2) is 3.72. The summed E-state index contributed by atoms with van der Waals surface area (Å²) >= 11 is 1.69. The van der Waals surface area contributed by atoms with Gasteiger partial charge in [0, 0.05) is 31.6 Å². The first kappa shape index (κ1) is 9.09. The number of likely N-dealkylation sites (N-methyl/N-ethyl adjacent to an activating group) is 1. The molecule has 1 aromatic heterocycles. The van der Waals surface area contributed by atoms with Crippen LogP contribution in [0.25, 0.3) is 0 Å². The van der Waals surface area contributed by atoms with Crippen molar-refractivity contribution in [3.05, 3.63) is 11.4 Å². The molecule has 1 aromatic rings. The minimum Gasteiger partial charge on any atom is -0.337 e. The van der Waals surface area contributed by atoms with Crippen LogP contribution < -0.4 is 0 Å². The summed E-state index contributed by atoms with van der Waals surface area (Å²) in [6.07, 6.45) is 4.26. The molecule has 0 saturated carbocycles. The van der Waals surface area contributed by atoms with Gasteiger partial charge in [0.25, 0.3) is 0 Å². The average molecular weight is 197 g/mol. The van der Waals surface area contributed by atoms with E-state index in [4.69, 9.17) is 0 Å². The fourth-order valence-corrected chi connectivity index (χ4v) is 2.07. The molecule has 3 nitrogen and oxygen atoms in total. The number of rotatable bonds is 1. The van der Waals surface area contributed by atoms with Crippen molar-refractivity contribution in [1.82, 2.24) is 14.9 Å². The summed E-state index contributed by atoms with van der Waals surface area (Å²) in [4.78, 5) is 10.3. The molecule has 72 valence electrons. The smallest absolute Gasteiger partial charge is 0.165 e. The van der Waals surface area contributed by atoms with Crippen molar-refractivity contribution in [2.75, 3.05) is 26.4 Å². The van der Waals surface area contributed by atoms with Gasteiger partial charge in [-0.1, -0.05) is 11.8 Å². The van der Waals surface area contributed by atoms with Crippen molar-refractivity contribution in [3.8, 4) is 0 Å². The first-order valence-electron chi connectivity index (χ1n) is 4.60. The number of hydrogen-bond acceptors (Lipinski definition) is 3. The lowest BCUT2D eigenvalue weighted by molar-refractivity contribution is 0.350. The summed E-state index contributed by atoms with van der Waals surface area (Å²) in [5, 5.41) is 1.06. The summed E-state index contributed by atoms with van der Waals surface area (Å²) in [6, 6.07) is 0. The van der Waals surface area contributed by atoms with Gasteiger partial charge in [-0.3, -0.25) is 0 Å². The third kappa shape index (κ3) is 1.89. The Morgan fingerprint density at radius 2 is 2.15 bits per heavy atom. The highest BCUT2D eigenvalue weighted by atomic mass is 32.2. The van der Waals surface area contributed by atoms with Crippen LogP contribution in [0.15, 0.2) is 5.16 Å². The Bertz CT molecular complexity index is 270. The Kier molecular flexibility index (Phi) is 2.60. The molecule has 0 fully saturated rings. The first-order valence-corrected chi connectivity index (χ1v) is 5.82. The fraction of sp³-hybridized carbons (Fsp3) is 0.667. The highest BCUT2D eigenvalue weighted by molar-refractivity contribution is 7.98. The van der Waals surface area contributed by atoms with Crippen molar-refractivity contribution in [3.63, 3.8) is 0 Å². The summed E-state index contributed by atoms with van der Waals surface area (Å²) < 4.78 is 0. The third-order valence-corrected chi connectivity index (χ3v) is 3.09. The van der Waals surface area contributed by atoms with E-state index < -0.39 is 0 Å². The lowest BCUT2D eigenvalue weighted by Crippen LogP contribution is -2.21. The van der Waals surface area contributed by atoms with E-state index in [1.807, 2.05) is 0 Å². The van der Waals surface area contributed by atoms with E-state index in [9.17, 15) is 0 Å². The summed E-state index contributed by atoms with van der Waals surface area (Å²) in [6.45, 7) is 2.27. The Hall–Kier alpha value is -0.480. The highest BCUT2D eigenvalue weighted by Crippen LogP contribution is 2.17. The van der Waals surface area contributed by atoms with Crippen molar-refractivity contribution >= 4 is 11.8 Å². The van der Waals surface area contributed by atoms with Gasteiger partial charge >= 0.3 is 0 Å². The third-order valence-electron chi connectivity index (χ3n) is 2.51. The highest BCUT2D eigenvalue weighted by Gasteiger charge is 2.14. The Morgan fingerprint density at radius 1 is 1.38 bits per heavy atom. The van der Waals surface area contributed by atoms with Crippen LogP contribution in [-0.2, 0) is 12.8 Å². The fourth-order valence-electron chi connectivity index (χ4n) is 1.64. The van der Waals surface area contributed by atoms with E-state index in [1.54, 1.807) is 11.8 Å². The second-order valence-electron chi connectivity index (χ2n) is 3.47. The normalized spacial score (nSPS) is 18.3. The molecule has 1 aliphatic rings. The lowest BCUT2D eigenvalue weighted by Gasteiger charge is -2.10. The molecule has 0 unspecified atom stereocenters. The Balaban J connectivity index is 2.21. The van der Waals surface area contributed by atoms with Gasteiger partial charge in [0.15, 0.2) is 5.16 Å². The lowest BCUT2D eigenvalue weighted by atomic mass is 10.2. The molecule has 0 aliphatic carbocycles. The predicted octanol–water partition coefficient (Wildman–Crippen LogP) is 1.16. The zero-order valence-electron chi connectivity index (χ0n) is 8.13. The molecule has 13 heavy (non-hydrogen) atoms. The van der Waals surface area contributed by atoms with E-state index in [0.717, 1.165) is 31.1 Å². The molecular weight excluding hydrogens is 182 g/mol.